The monoisotopic (exact) mass is 301 g/mol. The van der Waals surface area contributed by atoms with Gasteiger partial charge in [-0.2, -0.15) is 0 Å². The molecule has 1 saturated heterocycles. The normalized spacial score (nSPS) is 16.5. The fourth-order valence-corrected chi connectivity index (χ4v) is 2.52. The molecule has 0 amide bonds. The van der Waals surface area contributed by atoms with Crippen molar-refractivity contribution in [3.05, 3.63) is 35.6 Å². The fraction of sp³-hybridized carbons (Fsp3) is 0.533. The van der Waals surface area contributed by atoms with Crippen molar-refractivity contribution in [2.24, 2.45) is 5.92 Å². The van der Waals surface area contributed by atoms with Crippen LogP contribution in [0.1, 0.15) is 24.8 Å². The molecule has 1 aliphatic rings. The summed E-state index contributed by atoms with van der Waals surface area (Å²) in [6.45, 7) is 2.82. The van der Waals surface area contributed by atoms with Crippen molar-refractivity contribution >= 4 is 18.4 Å². The second-order valence-corrected chi connectivity index (χ2v) is 5.13. The van der Waals surface area contributed by atoms with E-state index < -0.39 is 0 Å². The Morgan fingerprint density at radius 1 is 1.30 bits per heavy atom. The van der Waals surface area contributed by atoms with Crippen LogP contribution < -0.4 is 0 Å². The lowest BCUT2D eigenvalue weighted by atomic mass is 9.93. The zero-order valence-corrected chi connectivity index (χ0v) is 12.5. The lowest BCUT2D eigenvalue weighted by molar-refractivity contribution is -0.142. The van der Waals surface area contributed by atoms with Crippen LogP contribution in [-0.4, -0.2) is 31.1 Å². The van der Waals surface area contributed by atoms with Crippen LogP contribution in [0.2, 0.25) is 0 Å². The zero-order chi connectivity index (χ0) is 13.7. The van der Waals surface area contributed by atoms with Gasteiger partial charge in [-0.1, -0.05) is 12.1 Å². The first-order chi connectivity index (χ1) is 9.17. The van der Waals surface area contributed by atoms with E-state index in [1.165, 1.54) is 19.2 Å². The van der Waals surface area contributed by atoms with Crippen LogP contribution in [-0.2, 0) is 16.1 Å². The van der Waals surface area contributed by atoms with Crippen LogP contribution in [0.25, 0.3) is 0 Å². The molecule has 1 heterocycles. The number of benzene rings is 1. The molecule has 2 rings (SSSR count). The van der Waals surface area contributed by atoms with Gasteiger partial charge in [-0.3, -0.25) is 9.69 Å². The van der Waals surface area contributed by atoms with E-state index in [-0.39, 0.29) is 24.2 Å². The lowest BCUT2D eigenvalue weighted by Gasteiger charge is -2.31. The van der Waals surface area contributed by atoms with Crippen molar-refractivity contribution in [1.82, 2.24) is 4.90 Å². The Bertz CT molecular complexity index is 416. The molecule has 1 aliphatic heterocycles. The summed E-state index contributed by atoms with van der Waals surface area (Å²) in [6.07, 6.45) is 2.58. The van der Waals surface area contributed by atoms with Crippen molar-refractivity contribution in [3.8, 4) is 0 Å². The highest BCUT2D eigenvalue weighted by Crippen LogP contribution is 2.22. The van der Waals surface area contributed by atoms with Gasteiger partial charge in [0.25, 0.3) is 0 Å². The van der Waals surface area contributed by atoms with E-state index in [4.69, 9.17) is 4.74 Å². The third kappa shape index (κ3) is 5.10. The summed E-state index contributed by atoms with van der Waals surface area (Å²) in [5, 5.41) is 0. The van der Waals surface area contributed by atoms with E-state index >= 15 is 0 Å². The minimum Gasteiger partial charge on any atom is -0.469 e. The summed E-state index contributed by atoms with van der Waals surface area (Å²) >= 11 is 0. The number of hydrogen-bond acceptors (Lipinski definition) is 3. The van der Waals surface area contributed by atoms with Crippen LogP contribution in [0.15, 0.2) is 24.3 Å². The van der Waals surface area contributed by atoms with Crippen molar-refractivity contribution in [1.29, 1.82) is 0 Å². The first kappa shape index (κ1) is 16.9. The molecule has 0 aliphatic carbocycles. The number of nitrogens with zero attached hydrogens (tertiary/aromatic N) is 1. The zero-order valence-electron chi connectivity index (χ0n) is 11.7. The Labute approximate surface area is 125 Å². The number of carbonyl (C=O) groups excluding carboxylic acids is 1. The minimum absolute atomic E-state index is 0. The van der Waals surface area contributed by atoms with Gasteiger partial charge in [-0.15, -0.1) is 12.4 Å². The van der Waals surface area contributed by atoms with Gasteiger partial charge in [0.15, 0.2) is 0 Å². The van der Waals surface area contributed by atoms with Crippen molar-refractivity contribution in [3.63, 3.8) is 0 Å². The molecule has 0 spiro atoms. The van der Waals surface area contributed by atoms with Crippen LogP contribution in [0.3, 0.4) is 0 Å². The molecule has 112 valence electrons. The number of ether oxygens (including phenoxy) is 1. The van der Waals surface area contributed by atoms with Crippen molar-refractivity contribution < 1.29 is 13.9 Å². The predicted molar refractivity (Wildman–Crippen MR) is 78.3 cm³/mol. The van der Waals surface area contributed by atoms with E-state index in [2.05, 4.69) is 4.90 Å². The smallest absolute Gasteiger partial charge is 0.305 e. The largest absolute Gasteiger partial charge is 0.469 e. The Kier molecular flexibility index (Phi) is 6.96. The Balaban J connectivity index is 0.00000200. The summed E-state index contributed by atoms with van der Waals surface area (Å²) in [7, 11) is 1.44. The molecular weight excluding hydrogens is 281 g/mol. The Morgan fingerprint density at radius 3 is 2.45 bits per heavy atom. The molecule has 0 bridgehead atoms. The highest BCUT2D eigenvalue weighted by atomic mass is 35.5. The summed E-state index contributed by atoms with van der Waals surface area (Å²) in [5.74, 6) is 0.134. The molecule has 0 radical (unpaired) electrons. The van der Waals surface area contributed by atoms with Crippen LogP contribution >= 0.6 is 12.4 Å². The van der Waals surface area contributed by atoms with E-state index in [0.29, 0.717) is 12.3 Å². The Morgan fingerprint density at radius 2 is 1.90 bits per heavy atom. The molecule has 20 heavy (non-hydrogen) atoms. The maximum absolute atomic E-state index is 12.8. The average molecular weight is 302 g/mol. The third-order valence-electron chi connectivity index (χ3n) is 3.71. The van der Waals surface area contributed by atoms with E-state index in [1.807, 2.05) is 12.1 Å². The van der Waals surface area contributed by atoms with Crippen molar-refractivity contribution in [2.75, 3.05) is 20.2 Å². The number of halogens is 2. The highest BCUT2D eigenvalue weighted by molar-refractivity contribution is 5.85. The molecule has 0 unspecified atom stereocenters. The molecule has 1 aromatic rings. The van der Waals surface area contributed by atoms with Crippen LogP contribution in [0.4, 0.5) is 4.39 Å². The fourth-order valence-electron chi connectivity index (χ4n) is 2.52. The SMILES string of the molecule is COC(=O)CC1CCN(Cc2ccc(F)cc2)CC1.Cl. The number of rotatable bonds is 4. The topological polar surface area (TPSA) is 29.5 Å². The number of hydrogen-bond donors (Lipinski definition) is 0. The lowest BCUT2D eigenvalue weighted by Crippen LogP contribution is -2.34. The quantitative estimate of drug-likeness (QED) is 0.801. The van der Waals surface area contributed by atoms with Gasteiger partial charge in [-0.25, -0.2) is 4.39 Å². The van der Waals surface area contributed by atoms with Crippen LogP contribution in [0, 0.1) is 11.7 Å². The maximum atomic E-state index is 12.8. The molecule has 0 aromatic heterocycles. The molecule has 0 atom stereocenters. The van der Waals surface area contributed by atoms with E-state index in [9.17, 15) is 9.18 Å². The van der Waals surface area contributed by atoms with E-state index in [1.54, 1.807) is 0 Å². The van der Waals surface area contributed by atoms with Gasteiger partial charge in [0.05, 0.1) is 7.11 Å². The van der Waals surface area contributed by atoms with Gasteiger partial charge < -0.3 is 4.74 Å². The highest BCUT2D eigenvalue weighted by Gasteiger charge is 2.21. The minimum atomic E-state index is -0.194. The van der Waals surface area contributed by atoms with Crippen molar-refractivity contribution in [2.45, 2.75) is 25.8 Å². The second kappa shape index (κ2) is 8.22. The third-order valence-corrected chi connectivity index (χ3v) is 3.71. The summed E-state index contributed by atoms with van der Waals surface area (Å²) in [6, 6.07) is 6.66. The number of piperidine rings is 1. The maximum Gasteiger partial charge on any atom is 0.305 e. The van der Waals surface area contributed by atoms with Gasteiger partial charge in [0.1, 0.15) is 5.82 Å². The number of likely N-dealkylation sites (tertiary alicyclic amines) is 1. The van der Waals surface area contributed by atoms with E-state index in [0.717, 1.165) is 38.0 Å². The second-order valence-electron chi connectivity index (χ2n) is 5.13. The number of carbonyl (C=O) groups is 1. The van der Waals surface area contributed by atoms with Gasteiger partial charge in [0.2, 0.25) is 0 Å². The number of methoxy groups -OCH3 is 1. The average Bonchev–Trinajstić information content (AvgIpc) is 2.43. The molecule has 0 N–H and O–H groups in total. The molecule has 5 heteroatoms. The standard InChI is InChI=1S/C15H20FNO2.ClH/c1-19-15(18)10-12-6-8-17(9-7-12)11-13-2-4-14(16)5-3-13;/h2-5,12H,6-11H2,1H3;1H. The summed E-state index contributed by atoms with van der Waals surface area (Å²) in [5.41, 5.74) is 1.13. The first-order valence-electron chi connectivity index (χ1n) is 6.71. The molecule has 0 saturated carbocycles. The molecule has 3 nitrogen and oxygen atoms in total. The number of esters is 1. The predicted octanol–water partition coefficient (Wildman–Crippen LogP) is 3.02. The molecular formula is C15H21ClFNO2. The molecule has 1 aromatic carbocycles. The van der Waals surface area contributed by atoms with Gasteiger partial charge in [-0.05, 0) is 49.5 Å². The van der Waals surface area contributed by atoms with Crippen LogP contribution in [0.5, 0.6) is 0 Å². The van der Waals surface area contributed by atoms with Gasteiger partial charge in [0, 0.05) is 13.0 Å². The van der Waals surface area contributed by atoms with Gasteiger partial charge >= 0.3 is 5.97 Å². The first-order valence-corrected chi connectivity index (χ1v) is 6.71. The molecule has 1 fully saturated rings. The summed E-state index contributed by atoms with van der Waals surface area (Å²) < 4.78 is 17.5. The Hall–Kier alpha value is -1.13. The summed E-state index contributed by atoms with van der Waals surface area (Å²) in [4.78, 5) is 13.6.